The van der Waals surface area contributed by atoms with E-state index < -0.39 is 11.6 Å². The lowest BCUT2D eigenvalue weighted by Gasteiger charge is -2.18. The number of hydrogen-bond donors (Lipinski definition) is 2. The number of carbonyl (C=O) groups excluding carboxylic acids is 2. The fourth-order valence-corrected chi connectivity index (χ4v) is 3.23. The predicted molar refractivity (Wildman–Crippen MR) is 131 cm³/mol. The van der Waals surface area contributed by atoms with Crippen LogP contribution in [0.2, 0.25) is 0 Å². The summed E-state index contributed by atoms with van der Waals surface area (Å²) in [4.78, 5) is 38.6. The number of hydrogen-bond acceptors (Lipinski definition) is 4. The first-order valence-corrected chi connectivity index (χ1v) is 11.0. The van der Waals surface area contributed by atoms with E-state index in [9.17, 15) is 14.4 Å². The summed E-state index contributed by atoms with van der Waals surface area (Å²) in [6.07, 6.45) is 0. The molecule has 2 aromatic carbocycles. The van der Waals surface area contributed by atoms with Crippen molar-refractivity contribution in [2.75, 3.05) is 10.6 Å². The molecule has 0 saturated carbocycles. The smallest absolute Gasteiger partial charge is 0.291 e. The quantitative estimate of drug-likeness (QED) is 0.577. The monoisotopic (exact) mass is 446 g/mol. The van der Waals surface area contributed by atoms with Gasteiger partial charge in [0.05, 0.1) is 5.69 Å². The van der Waals surface area contributed by atoms with Crippen LogP contribution in [-0.4, -0.2) is 21.6 Å². The molecular formula is C26H30N4O3. The summed E-state index contributed by atoms with van der Waals surface area (Å²) in [5.41, 5.74) is 4.51. The molecule has 172 valence electrons. The van der Waals surface area contributed by atoms with Crippen molar-refractivity contribution in [3.8, 4) is 11.3 Å². The molecule has 0 bridgehead atoms. The van der Waals surface area contributed by atoms with Gasteiger partial charge in [0.25, 0.3) is 5.56 Å². The van der Waals surface area contributed by atoms with Gasteiger partial charge in [-0.25, -0.2) is 4.68 Å². The Bertz CT molecular complexity index is 1240. The third-order valence-electron chi connectivity index (χ3n) is 5.46. The molecule has 7 nitrogen and oxygen atoms in total. The van der Waals surface area contributed by atoms with Gasteiger partial charge in [0.1, 0.15) is 11.7 Å². The minimum Gasteiger partial charge on any atom is -0.324 e. The van der Waals surface area contributed by atoms with Crippen molar-refractivity contribution < 1.29 is 9.59 Å². The van der Waals surface area contributed by atoms with Crippen LogP contribution >= 0.6 is 0 Å². The Morgan fingerprint density at radius 3 is 2.06 bits per heavy atom. The number of rotatable bonds is 6. The highest BCUT2D eigenvalue weighted by Gasteiger charge is 2.22. The summed E-state index contributed by atoms with van der Waals surface area (Å²) in [7, 11) is 0. The second-order valence-electron chi connectivity index (χ2n) is 8.69. The van der Waals surface area contributed by atoms with Crippen LogP contribution in [0.4, 0.5) is 11.4 Å². The Hall–Kier alpha value is -3.74. The van der Waals surface area contributed by atoms with Crippen LogP contribution in [0.1, 0.15) is 43.5 Å². The van der Waals surface area contributed by atoms with Gasteiger partial charge in [0.2, 0.25) is 11.8 Å². The molecule has 0 aliphatic carbocycles. The molecular weight excluding hydrogens is 416 g/mol. The van der Waals surface area contributed by atoms with Crippen molar-refractivity contribution in [2.45, 2.75) is 47.6 Å². The Morgan fingerprint density at radius 1 is 0.818 bits per heavy atom. The number of nitrogens with one attached hydrogen (secondary N) is 2. The van der Waals surface area contributed by atoms with E-state index in [1.807, 2.05) is 63.2 Å². The maximum atomic E-state index is 13.2. The van der Waals surface area contributed by atoms with Crippen molar-refractivity contribution in [1.82, 2.24) is 9.78 Å². The molecule has 0 radical (unpaired) electrons. The lowest BCUT2D eigenvalue weighted by atomic mass is 10.1. The molecule has 0 spiro atoms. The van der Waals surface area contributed by atoms with Crippen LogP contribution in [0.3, 0.4) is 0 Å². The first-order valence-electron chi connectivity index (χ1n) is 11.0. The first-order chi connectivity index (χ1) is 15.6. The summed E-state index contributed by atoms with van der Waals surface area (Å²) in [5.74, 6) is -0.966. The van der Waals surface area contributed by atoms with E-state index in [0.29, 0.717) is 11.4 Å². The summed E-state index contributed by atoms with van der Waals surface area (Å²) in [6, 6.07) is 14.1. The predicted octanol–water partition coefficient (Wildman–Crippen LogP) is 4.63. The highest BCUT2D eigenvalue weighted by molar-refractivity contribution is 5.95. The average molecular weight is 447 g/mol. The van der Waals surface area contributed by atoms with Gasteiger partial charge >= 0.3 is 0 Å². The Morgan fingerprint density at radius 2 is 1.42 bits per heavy atom. The second-order valence-corrected chi connectivity index (χ2v) is 8.69. The molecule has 2 amide bonds. The highest BCUT2D eigenvalue weighted by Crippen LogP contribution is 2.22. The van der Waals surface area contributed by atoms with Gasteiger partial charge in [-0.1, -0.05) is 55.8 Å². The molecule has 1 aromatic heterocycles. The molecule has 3 rings (SSSR count). The van der Waals surface area contributed by atoms with Crippen molar-refractivity contribution >= 4 is 23.2 Å². The van der Waals surface area contributed by atoms with Crippen LogP contribution in [0.15, 0.2) is 53.3 Å². The van der Waals surface area contributed by atoms with E-state index in [1.165, 1.54) is 0 Å². The minimum atomic E-state index is -0.905. The summed E-state index contributed by atoms with van der Waals surface area (Å²) >= 11 is 0. The van der Waals surface area contributed by atoms with Gasteiger partial charge in [-0.15, -0.1) is 0 Å². The molecule has 0 fully saturated rings. The molecule has 0 aliphatic heterocycles. The zero-order chi connectivity index (χ0) is 24.3. The van der Waals surface area contributed by atoms with Gasteiger partial charge < -0.3 is 10.6 Å². The molecule has 1 atom stereocenters. The molecule has 0 unspecified atom stereocenters. The molecule has 2 N–H and O–H groups in total. The largest absolute Gasteiger partial charge is 0.324 e. The number of carbonyl (C=O) groups is 2. The van der Waals surface area contributed by atoms with E-state index in [-0.39, 0.29) is 23.4 Å². The third kappa shape index (κ3) is 5.55. The molecule has 7 heteroatoms. The SMILES string of the molecule is Cc1ccc(-c2cc(NC(=O)C(C)C)c(=O)n([C@H](C)C(=O)Nc3cc(C)ccc3C)n2)cc1. The number of aryl methyl sites for hydroxylation is 3. The van der Waals surface area contributed by atoms with Crippen molar-refractivity contribution in [3.05, 3.63) is 75.6 Å². The third-order valence-corrected chi connectivity index (χ3v) is 5.46. The summed E-state index contributed by atoms with van der Waals surface area (Å²) < 4.78 is 1.13. The van der Waals surface area contributed by atoms with Gasteiger partial charge in [-0.3, -0.25) is 14.4 Å². The molecule has 1 heterocycles. The van der Waals surface area contributed by atoms with E-state index in [4.69, 9.17) is 0 Å². The molecule has 0 aliphatic rings. The van der Waals surface area contributed by atoms with E-state index in [2.05, 4.69) is 15.7 Å². The maximum absolute atomic E-state index is 13.2. The first kappa shape index (κ1) is 23.9. The van der Waals surface area contributed by atoms with Crippen LogP contribution in [-0.2, 0) is 9.59 Å². The van der Waals surface area contributed by atoms with Crippen molar-refractivity contribution in [2.24, 2.45) is 5.92 Å². The van der Waals surface area contributed by atoms with Crippen LogP contribution in [0.25, 0.3) is 11.3 Å². The Kier molecular flexibility index (Phi) is 7.11. The number of anilines is 2. The maximum Gasteiger partial charge on any atom is 0.291 e. The average Bonchev–Trinajstić information content (AvgIpc) is 2.77. The fraction of sp³-hybridized carbons (Fsp3) is 0.308. The number of aromatic nitrogens is 2. The van der Waals surface area contributed by atoms with E-state index >= 15 is 0 Å². The molecule has 3 aromatic rings. The van der Waals surface area contributed by atoms with Gasteiger partial charge in [0.15, 0.2) is 0 Å². The van der Waals surface area contributed by atoms with Crippen molar-refractivity contribution in [3.63, 3.8) is 0 Å². The van der Waals surface area contributed by atoms with E-state index in [0.717, 1.165) is 26.9 Å². The second kappa shape index (κ2) is 9.81. The normalized spacial score (nSPS) is 11.8. The fourth-order valence-electron chi connectivity index (χ4n) is 3.23. The van der Waals surface area contributed by atoms with Crippen LogP contribution < -0.4 is 16.2 Å². The van der Waals surface area contributed by atoms with E-state index in [1.54, 1.807) is 26.8 Å². The standard InChI is InChI=1S/C26H30N4O3/c1-15(2)24(31)28-23-14-22(20-11-8-16(3)9-12-20)29-30(26(23)33)19(6)25(32)27-21-13-17(4)7-10-18(21)5/h7-15,19H,1-6H3,(H,27,32)(H,28,31)/t19-/m1/s1. The number of nitrogens with zero attached hydrogens (tertiary/aromatic N) is 2. The summed E-state index contributed by atoms with van der Waals surface area (Å²) in [6.45, 7) is 10.9. The molecule has 33 heavy (non-hydrogen) atoms. The van der Waals surface area contributed by atoms with Gasteiger partial charge in [0, 0.05) is 17.2 Å². The lowest BCUT2D eigenvalue weighted by Crippen LogP contribution is -2.36. The lowest BCUT2D eigenvalue weighted by molar-refractivity contribution is -0.119. The van der Waals surface area contributed by atoms with Gasteiger partial charge in [-0.05, 0) is 51.0 Å². The van der Waals surface area contributed by atoms with Crippen molar-refractivity contribution in [1.29, 1.82) is 0 Å². The molecule has 0 saturated heterocycles. The number of amides is 2. The van der Waals surface area contributed by atoms with Crippen LogP contribution in [0, 0.1) is 26.7 Å². The Balaban J connectivity index is 2.04. The summed E-state index contributed by atoms with van der Waals surface area (Å²) in [5, 5.41) is 10.1. The van der Waals surface area contributed by atoms with Crippen LogP contribution in [0.5, 0.6) is 0 Å². The topological polar surface area (TPSA) is 93.1 Å². The number of benzene rings is 2. The zero-order valence-corrected chi connectivity index (χ0v) is 19.9. The Labute approximate surface area is 193 Å². The zero-order valence-electron chi connectivity index (χ0n) is 19.9. The minimum absolute atomic E-state index is 0.0886. The highest BCUT2D eigenvalue weighted by atomic mass is 16.2. The van der Waals surface area contributed by atoms with Gasteiger partial charge in [-0.2, -0.15) is 5.10 Å².